The lowest BCUT2D eigenvalue weighted by Gasteiger charge is -2.23. The van der Waals surface area contributed by atoms with Gasteiger partial charge >= 0.3 is 0 Å². The SMILES string of the molecule is O=C1NCNC(O)C1Cl. The largest absolute Gasteiger partial charge is 0.376 e. The van der Waals surface area contributed by atoms with E-state index in [1.54, 1.807) is 0 Å². The van der Waals surface area contributed by atoms with Gasteiger partial charge < -0.3 is 10.4 Å². The fraction of sp³-hybridized carbons (Fsp3) is 0.750. The van der Waals surface area contributed by atoms with E-state index in [4.69, 9.17) is 16.7 Å². The molecule has 9 heavy (non-hydrogen) atoms. The first kappa shape index (κ1) is 6.80. The lowest BCUT2D eigenvalue weighted by molar-refractivity contribution is -0.125. The van der Waals surface area contributed by atoms with Crippen LogP contribution in [0.3, 0.4) is 0 Å². The third-order valence-corrected chi connectivity index (χ3v) is 1.54. The zero-order valence-corrected chi connectivity index (χ0v) is 5.35. The average Bonchev–Trinajstić information content (AvgIpc) is 1.83. The lowest BCUT2D eigenvalue weighted by atomic mass is 10.3. The fourth-order valence-corrected chi connectivity index (χ4v) is 0.753. The molecule has 52 valence electrons. The number of rotatable bonds is 0. The molecule has 2 unspecified atom stereocenters. The highest BCUT2D eigenvalue weighted by molar-refractivity contribution is 6.31. The molecule has 4 nitrogen and oxygen atoms in total. The van der Waals surface area contributed by atoms with Crippen molar-refractivity contribution < 1.29 is 9.90 Å². The first-order valence-electron chi connectivity index (χ1n) is 2.55. The number of amides is 1. The minimum Gasteiger partial charge on any atom is -0.376 e. The number of carbonyl (C=O) groups is 1. The van der Waals surface area contributed by atoms with Gasteiger partial charge in [0.2, 0.25) is 5.91 Å². The Morgan fingerprint density at radius 1 is 1.78 bits per heavy atom. The second-order valence-corrected chi connectivity index (χ2v) is 2.24. The smallest absolute Gasteiger partial charge is 0.243 e. The van der Waals surface area contributed by atoms with Gasteiger partial charge in [0, 0.05) is 0 Å². The molecule has 1 aliphatic heterocycles. The Balaban J connectivity index is 2.51. The van der Waals surface area contributed by atoms with Crippen LogP contribution in [-0.2, 0) is 4.79 Å². The van der Waals surface area contributed by atoms with Crippen molar-refractivity contribution in [3.8, 4) is 0 Å². The molecule has 3 N–H and O–H groups in total. The summed E-state index contributed by atoms with van der Waals surface area (Å²) in [6, 6.07) is 0. The number of aliphatic hydroxyl groups is 1. The zero-order chi connectivity index (χ0) is 6.85. The number of carbonyl (C=O) groups excluding carboxylic acids is 1. The van der Waals surface area contributed by atoms with Crippen molar-refractivity contribution in [3.63, 3.8) is 0 Å². The molecular weight excluding hydrogens is 144 g/mol. The minimum absolute atomic E-state index is 0.281. The first-order chi connectivity index (χ1) is 4.22. The van der Waals surface area contributed by atoms with Crippen molar-refractivity contribution in [3.05, 3.63) is 0 Å². The normalized spacial score (nSPS) is 36.0. The molecule has 2 atom stereocenters. The molecule has 5 heteroatoms. The summed E-state index contributed by atoms with van der Waals surface area (Å²) in [5.74, 6) is -0.331. The quantitative estimate of drug-likeness (QED) is 0.372. The van der Waals surface area contributed by atoms with Gasteiger partial charge in [-0.3, -0.25) is 10.1 Å². The molecule has 0 saturated carbocycles. The Hall–Kier alpha value is -0.320. The molecule has 1 rings (SSSR count). The van der Waals surface area contributed by atoms with Crippen LogP contribution in [0.15, 0.2) is 0 Å². The third-order valence-electron chi connectivity index (χ3n) is 1.10. The van der Waals surface area contributed by atoms with E-state index in [1.807, 2.05) is 0 Å². The highest BCUT2D eigenvalue weighted by Gasteiger charge is 2.27. The van der Waals surface area contributed by atoms with E-state index in [1.165, 1.54) is 0 Å². The van der Waals surface area contributed by atoms with Crippen molar-refractivity contribution in [2.75, 3.05) is 6.67 Å². The maximum Gasteiger partial charge on any atom is 0.243 e. The van der Waals surface area contributed by atoms with Crippen LogP contribution in [0.1, 0.15) is 0 Å². The fourth-order valence-electron chi connectivity index (χ4n) is 0.587. The van der Waals surface area contributed by atoms with E-state index in [0.29, 0.717) is 0 Å². The van der Waals surface area contributed by atoms with Crippen LogP contribution in [0.25, 0.3) is 0 Å². The zero-order valence-electron chi connectivity index (χ0n) is 4.60. The molecule has 0 spiro atoms. The van der Waals surface area contributed by atoms with Gasteiger partial charge in [-0.05, 0) is 0 Å². The summed E-state index contributed by atoms with van der Waals surface area (Å²) >= 11 is 5.39. The van der Waals surface area contributed by atoms with Gasteiger partial charge in [0.05, 0.1) is 6.67 Å². The Bertz CT molecular complexity index is 130. The standard InChI is InChI=1S/C4H7ClN2O2/c5-2-3(8)6-1-7-4(2)9/h2-3,6,8H,1H2,(H,7,9). The van der Waals surface area contributed by atoms with Crippen LogP contribution in [0.5, 0.6) is 0 Å². The molecule has 0 aromatic heterocycles. The summed E-state index contributed by atoms with van der Waals surface area (Å²) in [5, 5.41) is 13.0. The molecule has 1 fully saturated rings. The topological polar surface area (TPSA) is 61.4 Å². The van der Waals surface area contributed by atoms with E-state index < -0.39 is 11.6 Å². The number of halogens is 1. The minimum atomic E-state index is -0.916. The van der Waals surface area contributed by atoms with Crippen LogP contribution in [0.4, 0.5) is 0 Å². The summed E-state index contributed by atoms with van der Waals surface area (Å²) < 4.78 is 0. The van der Waals surface area contributed by atoms with Crippen molar-refractivity contribution in [1.29, 1.82) is 0 Å². The molecule has 1 amide bonds. The highest BCUT2D eigenvalue weighted by atomic mass is 35.5. The third kappa shape index (κ3) is 1.32. The summed E-state index contributed by atoms with van der Waals surface area (Å²) in [6.07, 6.45) is -0.916. The Morgan fingerprint density at radius 2 is 2.44 bits per heavy atom. The monoisotopic (exact) mass is 150 g/mol. The van der Waals surface area contributed by atoms with E-state index in [2.05, 4.69) is 10.6 Å². The Morgan fingerprint density at radius 3 is 2.89 bits per heavy atom. The first-order valence-corrected chi connectivity index (χ1v) is 2.98. The average molecular weight is 151 g/mol. The molecule has 1 saturated heterocycles. The Kier molecular flexibility index (Phi) is 1.90. The predicted octanol–water partition coefficient (Wildman–Crippen LogP) is -1.41. The molecule has 1 aliphatic rings. The molecular formula is C4H7ClN2O2. The number of aliphatic hydroxyl groups excluding tert-OH is 1. The summed E-state index contributed by atoms with van der Waals surface area (Å²) in [4.78, 5) is 10.6. The van der Waals surface area contributed by atoms with Gasteiger partial charge in [-0.2, -0.15) is 0 Å². The second kappa shape index (κ2) is 2.51. The summed E-state index contributed by atoms with van der Waals surface area (Å²) in [6.45, 7) is 0.281. The second-order valence-electron chi connectivity index (χ2n) is 1.77. The van der Waals surface area contributed by atoms with Crippen LogP contribution < -0.4 is 10.6 Å². The molecule has 0 aromatic carbocycles. The number of nitrogens with one attached hydrogen (secondary N) is 2. The molecule has 1 heterocycles. The van der Waals surface area contributed by atoms with Gasteiger partial charge in [0.25, 0.3) is 0 Å². The summed E-state index contributed by atoms with van der Waals surface area (Å²) in [5.41, 5.74) is 0. The number of hydrogen-bond donors (Lipinski definition) is 3. The molecule has 0 radical (unpaired) electrons. The van der Waals surface area contributed by atoms with Crippen molar-refractivity contribution in [1.82, 2.24) is 10.6 Å². The van der Waals surface area contributed by atoms with Gasteiger partial charge in [-0.15, -0.1) is 11.6 Å². The maximum atomic E-state index is 10.6. The van der Waals surface area contributed by atoms with E-state index in [9.17, 15) is 4.79 Å². The van der Waals surface area contributed by atoms with Crippen LogP contribution in [-0.4, -0.2) is 29.3 Å². The van der Waals surface area contributed by atoms with Gasteiger partial charge in [0.15, 0.2) is 5.38 Å². The predicted molar refractivity (Wildman–Crippen MR) is 31.8 cm³/mol. The Labute approximate surface area is 57.2 Å². The van der Waals surface area contributed by atoms with E-state index >= 15 is 0 Å². The maximum absolute atomic E-state index is 10.6. The molecule has 0 aromatic rings. The van der Waals surface area contributed by atoms with Crippen LogP contribution in [0, 0.1) is 0 Å². The number of alkyl halides is 1. The van der Waals surface area contributed by atoms with Crippen molar-refractivity contribution >= 4 is 17.5 Å². The molecule has 0 aliphatic carbocycles. The van der Waals surface area contributed by atoms with Crippen LogP contribution in [0.2, 0.25) is 0 Å². The van der Waals surface area contributed by atoms with Gasteiger partial charge in [0.1, 0.15) is 6.23 Å². The van der Waals surface area contributed by atoms with Crippen molar-refractivity contribution in [2.45, 2.75) is 11.6 Å². The van der Waals surface area contributed by atoms with Gasteiger partial charge in [-0.25, -0.2) is 0 Å². The van der Waals surface area contributed by atoms with Gasteiger partial charge in [-0.1, -0.05) is 0 Å². The molecule has 0 bridgehead atoms. The number of hydrogen-bond acceptors (Lipinski definition) is 3. The van der Waals surface area contributed by atoms with E-state index in [-0.39, 0.29) is 12.6 Å². The lowest BCUT2D eigenvalue weighted by Crippen LogP contribution is -2.55. The summed E-state index contributed by atoms with van der Waals surface area (Å²) in [7, 11) is 0. The van der Waals surface area contributed by atoms with Crippen LogP contribution >= 0.6 is 11.6 Å². The highest BCUT2D eigenvalue weighted by Crippen LogP contribution is 2.02. The van der Waals surface area contributed by atoms with E-state index in [0.717, 1.165) is 0 Å². The van der Waals surface area contributed by atoms with Crippen molar-refractivity contribution in [2.24, 2.45) is 0 Å².